The molecule has 2 rings (SSSR count). The molecule has 0 spiro atoms. The number of carbonyl (C=O) groups is 1. The normalized spacial score (nSPS) is 19.7. The van der Waals surface area contributed by atoms with Gasteiger partial charge in [0.05, 0.1) is 11.6 Å². The molecule has 1 atom stereocenters. The molecule has 1 aromatic carbocycles. The summed E-state index contributed by atoms with van der Waals surface area (Å²) in [5.41, 5.74) is 0.691. The minimum atomic E-state index is 0.0757. The Bertz CT molecular complexity index is 451. The topological polar surface area (TPSA) is 41.6 Å². The minimum Gasteiger partial charge on any atom is -0.496 e. The number of rotatable bonds is 2. The highest BCUT2D eigenvalue weighted by Crippen LogP contribution is 2.26. The van der Waals surface area contributed by atoms with Gasteiger partial charge in [0.25, 0.3) is 5.91 Å². The Balaban J connectivity index is 2.15. The molecule has 0 saturated carbocycles. The highest BCUT2D eigenvalue weighted by molar-refractivity contribution is 9.10. The van der Waals surface area contributed by atoms with Gasteiger partial charge in [-0.1, -0.05) is 0 Å². The number of ether oxygens (including phenoxy) is 1. The van der Waals surface area contributed by atoms with Gasteiger partial charge in [-0.15, -0.1) is 0 Å². The molecule has 1 aliphatic heterocycles. The second-order valence-corrected chi connectivity index (χ2v) is 5.31. The van der Waals surface area contributed by atoms with E-state index in [0.717, 1.165) is 29.9 Å². The Hall–Kier alpha value is -1.07. The van der Waals surface area contributed by atoms with Gasteiger partial charge in [-0.2, -0.15) is 0 Å². The van der Waals surface area contributed by atoms with Crippen LogP contribution in [0.4, 0.5) is 0 Å². The predicted octanol–water partition coefficient (Wildman–Crippen LogP) is 1.89. The number of methoxy groups -OCH3 is 1. The van der Waals surface area contributed by atoms with Crippen molar-refractivity contribution in [3.05, 3.63) is 28.2 Å². The van der Waals surface area contributed by atoms with Crippen molar-refractivity contribution in [2.24, 2.45) is 0 Å². The molecular formula is C13H17BrN2O2. The Labute approximate surface area is 115 Å². The van der Waals surface area contributed by atoms with Crippen LogP contribution in [0.25, 0.3) is 0 Å². The van der Waals surface area contributed by atoms with Crippen molar-refractivity contribution in [3.63, 3.8) is 0 Å². The lowest BCUT2D eigenvalue weighted by molar-refractivity contribution is 0.0709. The van der Waals surface area contributed by atoms with Gasteiger partial charge in [0.1, 0.15) is 5.75 Å². The van der Waals surface area contributed by atoms with Crippen molar-refractivity contribution in [1.29, 1.82) is 0 Å². The monoisotopic (exact) mass is 312 g/mol. The fourth-order valence-electron chi connectivity index (χ4n) is 2.10. The summed E-state index contributed by atoms with van der Waals surface area (Å²) in [4.78, 5) is 14.2. The number of amides is 1. The smallest absolute Gasteiger partial charge is 0.253 e. The van der Waals surface area contributed by atoms with E-state index in [2.05, 4.69) is 28.2 Å². The van der Waals surface area contributed by atoms with Gasteiger partial charge in [-0.25, -0.2) is 0 Å². The zero-order valence-corrected chi connectivity index (χ0v) is 12.2. The lowest BCUT2D eigenvalue weighted by atomic mass is 10.1. The molecule has 0 radical (unpaired) electrons. The summed E-state index contributed by atoms with van der Waals surface area (Å²) in [6.45, 7) is 4.45. The number of nitrogens with zero attached hydrogens (tertiary/aromatic N) is 1. The number of carbonyl (C=O) groups excluding carboxylic acids is 1. The van der Waals surface area contributed by atoms with Crippen molar-refractivity contribution in [2.45, 2.75) is 13.0 Å². The fraction of sp³-hybridized carbons (Fsp3) is 0.462. The number of piperazine rings is 1. The fourth-order valence-corrected chi connectivity index (χ4v) is 2.64. The van der Waals surface area contributed by atoms with E-state index in [1.165, 1.54) is 0 Å². The van der Waals surface area contributed by atoms with E-state index < -0.39 is 0 Å². The molecule has 1 aromatic rings. The standard InChI is InChI=1S/C13H17BrN2O2/c1-9-8-16(6-5-15-9)13(17)10-3-4-12(18-2)11(14)7-10/h3-4,7,9,15H,5-6,8H2,1-2H3. The first-order chi connectivity index (χ1) is 8.61. The number of halogens is 1. The second-order valence-electron chi connectivity index (χ2n) is 4.46. The van der Waals surface area contributed by atoms with Gasteiger partial charge >= 0.3 is 0 Å². The molecule has 1 unspecified atom stereocenters. The van der Waals surface area contributed by atoms with E-state index in [1.54, 1.807) is 13.2 Å². The van der Waals surface area contributed by atoms with E-state index in [1.807, 2.05) is 17.0 Å². The van der Waals surface area contributed by atoms with E-state index in [4.69, 9.17) is 4.74 Å². The quantitative estimate of drug-likeness (QED) is 0.907. The van der Waals surface area contributed by atoms with Crippen LogP contribution in [-0.2, 0) is 0 Å². The van der Waals surface area contributed by atoms with Crippen LogP contribution in [-0.4, -0.2) is 43.6 Å². The number of benzene rings is 1. The molecule has 4 nitrogen and oxygen atoms in total. The van der Waals surface area contributed by atoms with Crippen LogP contribution in [0.1, 0.15) is 17.3 Å². The third-order valence-electron chi connectivity index (χ3n) is 3.05. The highest BCUT2D eigenvalue weighted by Gasteiger charge is 2.22. The van der Waals surface area contributed by atoms with Crippen molar-refractivity contribution in [1.82, 2.24) is 10.2 Å². The molecular weight excluding hydrogens is 296 g/mol. The van der Waals surface area contributed by atoms with E-state index in [-0.39, 0.29) is 5.91 Å². The van der Waals surface area contributed by atoms with Crippen molar-refractivity contribution in [3.8, 4) is 5.75 Å². The molecule has 0 aromatic heterocycles. The summed E-state index contributed by atoms with van der Waals surface area (Å²) in [5.74, 6) is 0.812. The van der Waals surface area contributed by atoms with Crippen molar-refractivity contribution >= 4 is 21.8 Å². The maximum absolute atomic E-state index is 12.3. The van der Waals surface area contributed by atoms with Gasteiger partial charge in [-0.3, -0.25) is 4.79 Å². The first-order valence-corrected chi connectivity index (χ1v) is 6.77. The lowest BCUT2D eigenvalue weighted by Gasteiger charge is -2.32. The second kappa shape index (κ2) is 5.71. The summed E-state index contributed by atoms with van der Waals surface area (Å²) in [7, 11) is 1.61. The minimum absolute atomic E-state index is 0.0757. The maximum atomic E-state index is 12.3. The van der Waals surface area contributed by atoms with Gasteiger partial charge in [0.2, 0.25) is 0 Å². The summed E-state index contributed by atoms with van der Waals surface area (Å²) in [5, 5.41) is 3.32. The zero-order chi connectivity index (χ0) is 13.1. The molecule has 1 fully saturated rings. The Kier molecular flexibility index (Phi) is 4.24. The zero-order valence-electron chi connectivity index (χ0n) is 10.6. The van der Waals surface area contributed by atoms with Crippen LogP contribution in [0, 0.1) is 0 Å². The number of nitrogens with one attached hydrogen (secondary N) is 1. The first-order valence-electron chi connectivity index (χ1n) is 5.98. The van der Waals surface area contributed by atoms with Gasteiger partial charge in [-0.05, 0) is 41.1 Å². The lowest BCUT2D eigenvalue weighted by Crippen LogP contribution is -2.51. The van der Waals surface area contributed by atoms with E-state index in [0.29, 0.717) is 11.6 Å². The highest BCUT2D eigenvalue weighted by atomic mass is 79.9. The summed E-state index contributed by atoms with van der Waals surface area (Å²) < 4.78 is 5.97. The Morgan fingerprint density at radius 3 is 2.94 bits per heavy atom. The largest absolute Gasteiger partial charge is 0.496 e. The van der Waals surface area contributed by atoms with Crippen molar-refractivity contribution < 1.29 is 9.53 Å². The van der Waals surface area contributed by atoms with Crippen LogP contribution in [0.15, 0.2) is 22.7 Å². The summed E-state index contributed by atoms with van der Waals surface area (Å²) >= 11 is 3.40. The molecule has 0 aliphatic carbocycles. The summed E-state index contributed by atoms with van der Waals surface area (Å²) in [6.07, 6.45) is 0. The Morgan fingerprint density at radius 2 is 2.33 bits per heavy atom. The Morgan fingerprint density at radius 1 is 1.56 bits per heavy atom. The van der Waals surface area contributed by atoms with E-state index >= 15 is 0 Å². The van der Waals surface area contributed by atoms with Crippen LogP contribution < -0.4 is 10.1 Å². The molecule has 18 heavy (non-hydrogen) atoms. The van der Waals surface area contributed by atoms with Gasteiger partial charge in [0.15, 0.2) is 0 Å². The summed E-state index contributed by atoms with van der Waals surface area (Å²) in [6, 6.07) is 5.78. The third kappa shape index (κ3) is 2.84. The van der Waals surface area contributed by atoms with Crippen LogP contribution in [0.2, 0.25) is 0 Å². The molecule has 98 valence electrons. The SMILES string of the molecule is COc1ccc(C(=O)N2CCNC(C)C2)cc1Br. The average molecular weight is 313 g/mol. The average Bonchev–Trinajstić information content (AvgIpc) is 2.37. The van der Waals surface area contributed by atoms with Gasteiger partial charge < -0.3 is 15.0 Å². The molecule has 5 heteroatoms. The molecule has 1 aliphatic rings. The molecule has 0 bridgehead atoms. The van der Waals surface area contributed by atoms with Crippen molar-refractivity contribution in [2.75, 3.05) is 26.7 Å². The van der Waals surface area contributed by atoms with Gasteiger partial charge in [0, 0.05) is 31.2 Å². The van der Waals surface area contributed by atoms with E-state index in [9.17, 15) is 4.79 Å². The number of hydrogen-bond donors (Lipinski definition) is 1. The number of hydrogen-bond acceptors (Lipinski definition) is 3. The van der Waals surface area contributed by atoms with Crippen LogP contribution in [0.5, 0.6) is 5.75 Å². The first kappa shape index (κ1) is 13.4. The molecule has 1 N–H and O–H groups in total. The third-order valence-corrected chi connectivity index (χ3v) is 3.67. The molecule has 1 saturated heterocycles. The predicted molar refractivity (Wildman–Crippen MR) is 74.1 cm³/mol. The van der Waals surface area contributed by atoms with Crippen LogP contribution in [0.3, 0.4) is 0 Å². The maximum Gasteiger partial charge on any atom is 0.253 e. The molecule has 1 amide bonds. The van der Waals surface area contributed by atoms with Crippen LogP contribution >= 0.6 is 15.9 Å². The molecule has 1 heterocycles.